The van der Waals surface area contributed by atoms with Gasteiger partial charge in [0.1, 0.15) is 0 Å². The van der Waals surface area contributed by atoms with E-state index < -0.39 is 24.1 Å². The second-order valence-electron chi connectivity index (χ2n) is 4.25. The third-order valence-corrected chi connectivity index (χ3v) is 2.56. The maximum absolute atomic E-state index is 11.3. The first kappa shape index (κ1) is 16.2. The number of esters is 2. The van der Waals surface area contributed by atoms with Gasteiger partial charge in [0, 0.05) is 20.5 Å². The Morgan fingerprint density at radius 1 is 1.05 bits per heavy atom. The van der Waals surface area contributed by atoms with Gasteiger partial charge in [-0.25, -0.2) is 0 Å². The zero-order chi connectivity index (χ0) is 15.0. The van der Waals surface area contributed by atoms with Gasteiger partial charge in [-0.05, 0) is 12.5 Å². The topological polar surface area (TPSA) is 61.8 Å². The molecule has 0 aliphatic carbocycles. The Kier molecular flexibility index (Phi) is 6.73. The first-order chi connectivity index (χ1) is 9.54. The van der Waals surface area contributed by atoms with Crippen LogP contribution in [0.15, 0.2) is 30.3 Å². The van der Waals surface area contributed by atoms with Crippen LogP contribution in [0.25, 0.3) is 0 Å². The summed E-state index contributed by atoms with van der Waals surface area (Å²) in [4.78, 5) is 22.5. The predicted molar refractivity (Wildman–Crippen MR) is 73.0 cm³/mol. The summed E-state index contributed by atoms with van der Waals surface area (Å²) in [7, 11) is 0. The minimum absolute atomic E-state index is 0.170. The lowest BCUT2D eigenvalue weighted by Gasteiger charge is -2.26. The summed E-state index contributed by atoms with van der Waals surface area (Å²) in [6.45, 7) is 5.13. The Bertz CT molecular complexity index is 429. The quantitative estimate of drug-likeness (QED) is 0.717. The van der Waals surface area contributed by atoms with E-state index in [1.807, 2.05) is 37.3 Å². The third kappa shape index (κ3) is 5.40. The van der Waals surface area contributed by atoms with Crippen LogP contribution in [-0.4, -0.2) is 31.3 Å². The van der Waals surface area contributed by atoms with Crippen molar-refractivity contribution in [1.82, 2.24) is 0 Å². The van der Waals surface area contributed by atoms with E-state index >= 15 is 0 Å². The lowest BCUT2D eigenvalue weighted by Crippen LogP contribution is -2.32. The molecule has 0 spiro atoms. The molecular formula is C15H20O5. The summed E-state index contributed by atoms with van der Waals surface area (Å²) < 4.78 is 15.8. The van der Waals surface area contributed by atoms with Crippen molar-refractivity contribution in [2.24, 2.45) is 0 Å². The molecule has 0 saturated carbocycles. The molecule has 1 aromatic rings. The molecule has 0 fully saturated rings. The molecule has 0 aliphatic heterocycles. The van der Waals surface area contributed by atoms with Crippen LogP contribution in [0.5, 0.6) is 0 Å². The van der Waals surface area contributed by atoms with E-state index in [0.717, 1.165) is 5.56 Å². The summed E-state index contributed by atoms with van der Waals surface area (Å²) in [6, 6.07) is 9.15. The van der Waals surface area contributed by atoms with Gasteiger partial charge in [-0.2, -0.15) is 0 Å². The van der Waals surface area contributed by atoms with Crippen molar-refractivity contribution in [2.75, 3.05) is 13.2 Å². The SMILES string of the molecule is CCOC[C@H](OC(C)=O)[C@@H](OC(C)=O)c1ccccc1. The number of hydrogen-bond donors (Lipinski definition) is 0. The van der Waals surface area contributed by atoms with Gasteiger partial charge < -0.3 is 14.2 Å². The average molecular weight is 280 g/mol. The van der Waals surface area contributed by atoms with Gasteiger partial charge in [0.25, 0.3) is 0 Å². The fraction of sp³-hybridized carbons (Fsp3) is 0.467. The molecule has 2 atom stereocenters. The highest BCUT2D eigenvalue weighted by Crippen LogP contribution is 2.24. The molecule has 20 heavy (non-hydrogen) atoms. The van der Waals surface area contributed by atoms with Crippen LogP contribution in [0.2, 0.25) is 0 Å². The van der Waals surface area contributed by atoms with Gasteiger partial charge >= 0.3 is 11.9 Å². The zero-order valence-electron chi connectivity index (χ0n) is 12.0. The first-order valence-electron chi connectivity index (χ1n) is 6.51. The monoisotopic (exact) mass is 280 g/mol. The highest BCUT2D eigenvalue weighted by Gasteiger charge is 2.29. The predicted octanol–water partition coefficient (Wildman–Crippen LogP) is 2.26. The lowest BCUT2D eigenvalue weighted by molar-refractivity contribution is -0.170. The zero-order valence-corrected chi connectivity index (χ0v) is 12.0. The van der Waals surface area contributed by atoms with E-state index in [0.29, 0.717) is 6.61 Å². The van der Waals surface area contributed by atoms with E-state index in [9.17, 15) is 9.59 Å². The van der Waals surface area contributed by atoms with Gasteiger partial charge in [0.2, 0.25) is 0 Å². The molecule has 0 amide bonds. The van der Waals surface area contributed by atoms with E-state index in [4.69, 9.17) is 14.2 Å². The van der Waals surface area contributed by atoms with Crippen LogP contribution < -0.4 is 0 Å². The first-order valence-corrected chi connectivity index (χ1v) is 6.51. The van der Waals surface area contributed by atoms with E-state index in [1.165, 1.54) is 13.8 Å². The van der Waals surface area contributed by atoms with Crippen LogP contribution in [0.4, 0.5) is 0 Å². The molecule has 0 aromatic heterocycles. The molecule has 0 bridgehead atoms. The molecule has 0 aliphatic rings. The molecule has 1 rings (SSSR count). The molecule has 1 aromatic carbocycles. The maximum Gasteiger partial charge on any atom is 0.303 e. The molecule has 0 unspecified atom stereocenters. The Morgan fingerprint density at radius 3 is 2.15 bits per heavy atom. The van der Waals surface area contributed by atoms with Crippen LogP contribution in [-0.2, 0) is 23.8 Å². The van der Waals surface area contributed by atoms with Crippen LogP contribution in [0, 0.1) is 0 Å². The van der Waals surface area contributed by atoms with Crippen molar-refractivity contribution < 1.29 is 23.8 Å². The molecule has 5 nitrogen and oxygen atoms in total. The summed E-state index contributed by atoms with van der Waals surface area (Å²) in [5, 5.41) is 0. The molecule has 110 valence electrons. The summed E-state index contributed by atoms with van der Waals surface area (Å²) in [5.41, 5.74) is 0.758. The van der Waals surface area contributed by atoms with Crippen molar-refractivity contribution >= 4 is 11.9 Å². The van der Waals surface area contributed by atoms with Crippen molar-refractivity contribution in [3.05, 3.63) is 35.9 Å². The fourth-order valence-electron chi connectivity index (χ4n) is 1.81. The van der Waals surface area contributed by atoms with Gasteiger partial charge in [-0.3, -0.25) is 9.59 Å². The third-order valence-electron chi connectivity index (χ3n) is 2.56. The number of benzene rings is 1. The summed E-state index contributed by atoms with van der Waals surface area (Å²) in [6.07, 6.45) is -1.34. The maximum atomic E-state index is 11.3. The van der Waals surface area contributed by atoms with Crippen LogP contribution in [0.1, 0.15) is 32.4 Å². The number of ether oxygens (including phenoxy) is 3. The van der Waals surface area contributed by atoms with E-state index in [2.05, 4.69) is 0 Å². The summed E-state index contributed by atoms with van der Waals surface area (Å²) >= 11 is 0. The Balaban J connectivity index is 2.96. The van der Waals surface area contributed by atoms with Gasteiger partial charge in [-0.15, -0.1) is 0 Å². The largest absolute Gasteiger partial charge is 0.456 e. The Hall–Kier alpha value is -1.88. The highest BCUT2D eigenvalue weighted by atomic mass is 16.6. The normalized spacial score (nSPS) is 13.3. The van der Waals surface area contributed by atoms with Gasteiger partial charge in [0.05, 0.1) is 6.61 Å². The molecule has 0 saturated heterocycles. The van der Waals surface area contributed by atoms with Crippen LogP contribution in [0.3, 0.4) is 0 Å². The molecule has 0 radical (unpaired) electrons. The summed E-state index contributed by atoms with van der Waals surface area (Å²) in [5.74, 6) is -0.879. The number of hydrogen-bond acceptors (Lipinski definition) is 5. The number of carbonyl (C=O) groups excluding carboxylic acids is 2. The smallest absolute Gasteiger partial charge is 0.303 e. The Morgan fingerprint density at radius 2 is 1.65 bits per heavy atom. The minimum Gasteiger partial charge on any atom is -0.456 e. The van der Waals surface area contributed by atoms with Gasteiger partial charge in [-0.1, -0.05) is 30.3 Å². The fourth-order valence-corrected chi connectivity index (χ4v) is 1.81. The number of carbonyl (C=O) groups is 2. The van der Waals surface area contributed by atoms with Crippen molar-refractivity contribution in [2.45, 2.75) is 33.0 Å². The molecular weight excluding hydrogens is 260 g/mol. The molecule has 0 heterocycles. The average Bonchev–Trinajstić information content (AvgIpc) is 2.41. The second kappa shape index (κ2) is 8.32. The van der Waals surface area contributed by atoms with Gasteiger partial charge in [0.15, 0.2) is 12.2 Å². The number of rotatable bonds is 7. The molecule has 5 heteroatoms. The van der Waals surface area contributed by atoms with E-state index in [1.54, 1.807) is 0 Å². The molecule has 0 N–H and O–H groups in total. The van der Waals surface area contributed by atoms with Crippen LogP contribution >= 0.6 is 0 Å². The minimum atomic E-state index is -0.677. The highest BCUT2D eigenvalue weighted by molar-refractivity contribution is 5.67. The van der Waals surface area contributed by atoms with Crippen molar-refractivity contribution in [3.63, 3.8) is 0 Å². The van der Waals surface area contributed by atoms with Crippen molar-refractivity contribution in [3.8, 4) is 0 Å². The second-order valence-corrected chi connectivity index (χ2v) is 4.25. The Labute approximate surface area is 118 Å². The lowest BCUT2D eigenvalue weighted by atomic mass is 10.0. The standard InChI is InChI=1S/C15H20O5/c1-4-18-10-14(19-11(2)16)15(20-12(3)17)13-8-6-5-7-9-13/h5-9,14-15H,4,10H2,1-3H3/t14-,15-/m0/s1. The van der Waals surface area contributed by atoms with E-state index in [-0.39, 0.29) is 6.61 Å². The van der Waals surface area contributed by atoms with Crippen molar-refractivity contribution in [1.29, 1.82) is 0 Å².